The summed E-state index contributed by atoms with van der Waals surface area (Å²) in [6.45, 7) is 1.86. The molecule has 1 aromatic rings. The minimum Gasteiger partial charge on any atom is -0.207 e. The molecule has 0 N–H and O–H groups in total. The van der Waals surface area contributed by atoms with Crippen LogP contribution in [-0.4, -0.2) is 0 Å². The van der Waals surface area contributed by atoms with Crippen molar-refractivity contribution in [2.24, 2.45) is 0 Å². The molecular weight excluding hydrogens is 257 g/mol. The lowest BCUT2D eigenvalue weighted by Gasteiger charge is -2.37. The number of nitrogens with zero attached hydrogens (tertiary/aromatic N) is 1. The van der Waals surface area contributed by atoms with Crippen molar-refractivity contribution in [1.29, 1.82) is 5.26 Å². The smallest absolute Gasteiger partial charge is 0.128 e. The molecule has 78 valence electrons. The Kier molecular flexibility index (Phi) is 2.56. The maximum absolute atomic E-state index is 13.8. The summed E-state index contributed by atoms with van der Waals surface area (Å²) >= 11 is 3.38. The quantitative estimate of drug-likeness (QED) is 0.759. The van der Waals surface area contributed by atoms with Crippen molar-refractivity contribution >= 4 is 15.9 Å². The van der Waals surface area contributed by atoms with Crippen LogP contribution in [0.3, 0.4) is 0 Å². The molecular formula is C12H11BrFN. The Labute approximate surface area is 97.0 Å². The van der Waals surface area contributed by atoms with Crippen LogP contribution < -0.4 is 0 Å². The third-order valence-electron chi connectivity index (χ3n) is 3.25. The molecule has 0 atom stereocenters. The van der Waals surface area contributed by atoms with Gasteiger partial charge in [0.25, 0.3) is 0 Å². The molecule has 1 fully saturated rings. The summed E-state index contributed by atoms with van der Waals surface area (Å²) in [7, 11) is 0. The topological polar surface area (TPSA) is 23.8 Å². The average Bonchev–Trinajstić information content (AvgIpc) is 2.16. The summed E-state index contributed by atoms with van der Waals surface area (Å²) in [6, 6.07) is 5.41. The molecule has 0 saturated heterocycles. The van der Waals surface area contributed by atoms with E-state index in [1.54, 1.807) is 6.07 Å². The molecule has 0 spiro atoms. The Bertz CT molecular complexity index is 444. The third-order valence-corrected chi connectivity index (χ3v) is 4.11. The maximum Gasteiger partial charge on any atom is 0.128 e. The molecule has 1 aliphatic carbocycles. The van der Waals surface area contributed by atoms with Crippen molar-refractivity contribution in [3.8, 4) is 6.07 Å². The molecule has 2 rings (SSSR count). The molecule has 0 radical (unpaired) electrons. The zero-order chi connectivity index (χ0) is 11.1. The van der Waals surface area contributed by atoms with E-state index in [0.717, 1.165) is 29.3 Å². The van der Waals surface area contributed by atoms with Crippen molar-refractivity contribution in [2.45, 2.75) is 31.6 Å². The first kappa shape index (κ1) is 10.6. The molecule has 0 heterocycles. The predicted molar refractivity (Wildman–Crippen MR) is 60.0 cm³/mol. The summed E-state index contributed by atoms with van der Waals surface area (Å²) in [5, 5.41) is 9.20. The van der Waals surface area contributed by atoms with Crippen LogP contribution >= 0.6 is 15.9 Å². The maximum atomic E-state index is 13.8. The summed E-state index contributed by atoms with van der Waals surface area (Å²) in [6.07, 6.45) is 2.56. The van der Waals surface area contributed by atoms with Crippen LogP contribution in [0.4, 0.5) is 4.39 Å². The zero-order valence-electron chi connectivity index (χ0n) is 8.48. The van der Waals surface area contributed by atoms with Crippen LogP contribution in [0.5, 0.6) is 0 Å². The largest absolute Gasteiger partial charge is 0.207 e. The van der Waals surface area contributed by atoms with Crippen LogP contribution in [-0.2, 0) is 5.41 Å². The van der Waals surface area contributed by atoms with Crippen molar-refractivity contribution < 1.29 is 4.39 Å². The van der Waals surface area contributed by atoms with E-state index in [2.05, 4.69) is 22.0 Å². The Balaban J connectivity index is 2.62. The highest BCUT2D eigenvalue weighted by molar-refractivity contribution is 9.10. The molecule has 1 saturated carbocycles. The number of nitriles is 1. The van der Waals surface area contributed by atoms with E-state index in [-0.39, 0.29) is 5.82 Å². The highest BCUT2D eigenvalue weighted by Crippen LogP contribution is 2.46. The average molecular weight is 268 g/mol. The minimum absolute atomic E-state index is 0.253. The van der Waals surface area contributed by atoms with Crippen LogP contribution in [0.25, 0.3) is 0 Å². The molecule has 15 heavy (non-hydrogen) atoms. The standard InChI is InChI=1S/C12H11BrFN/c1-8-9(13)3-4-10(14)11(8)12(7-15)5-2-6-12/h3-4H,2,5-6H2,1H3. The SMILES string of the molecule is Cc1c(Br)ccc(F)c1C1(C#N)CCC1. The van der Waals surface area contributed by atoms with Crippen molar-refractivity contribution in [3.63, 3.8) is 0 Å². The van der Waals surface area contributed by atoms with Gasteiger partial charge in [0.15, 0.2) is 0 Å². The van der Waals surface area contributed by atoms with E-state index in [1.807, 2.05) is 6.92 Å². The van der Waals surface area contributed by atoms with E-state index >= 15 is 0 Å². The van der Waals surface area contributed by atoms with Crippen molar-refractivity contribution in [3.05, 3.63) is 33.5 Å². The fraction of sp³-hybridized carbons (Fsp3) is 0.417. The van der Waals surface area contributed by atoms with E-state index in [1.165, 1.54) is 6.07 Å². The van der Waals surface area contributed by atoms with Gasteiger partial charge in [0.2, 0.25) is 0 Å². The van der Waals surface area contributed by atoms with E-state index in [4.69, 9.17) is 0 Å². The number of hydrogen-bond donors (Lipinski definition) is 0. The van der Waals surface area contributed by atoms with Gasteiger partial charge in [0, 0.05) is 10.0 Å². The molecule has 0 bridgehead atoms. The number of rotatable bonds is 1. The lowest BCUT2D eigenvalue weighted by atomic mass is 9.64. The van der Waals surface area contributed by atoms with Crippen LogP contribution in [0.15, 0.2) is 16.6 Å². The molecule has 1 aromatic carbocycles. The second-order valence-electron chi connectivity index (χ2n) is 4.08. The summed E-state index contributed by atoms with van der Waals surface area (Å²) in [5.74, 6) is -0.253. The van der Waals surface area contributed by atoms with Gasteiger partial charge in [-0.25, -0.2) is 4.39 Å². The number of benzene rings is 1. The van der Waals surface area contributed by atoms with Gasteiger partial charge in [0.1, 0.15) is 5.82 Å². The van der Waals surface area contributed by atoms with E-state index in [9.17, 15) is 9.65 Å². The highest BCUT2D eigenvalue weighted by atomic mass is 79.9. The van der Waals surface area contributed by atoms with Crippen molar-refractivity contribution in [1.82, 2.24) is 0 Å². The fourth-order valence-corrected chi connectivity index (χ4v) is 2.52. The predicted octanol–water partition coefficient (Wildman–Crippen LogP) is 3.84. The number of hydrogen-bond acceptors (Lipinski definition) is 1. The zero-order valence-corrected chi connectivity index (χ0v) is 10.1. The van der Waals surface area contributed by atoms with Crippen LogP contribution in [0, 0.1) is 24.1 Å². The van der Waals surface area contributed by atoms with Gasteiger partial charge < -0.3 is 0 Å². The molecule has 1 nitrogen and oxygen atoms in total. The van der Waals surface area contributed by atoms with Gasteiger partial charge in [-0.1, -0.05) is 15.9 Å². The molecule has 0 amide bonds. The van der Waals surface area contributed by atoms with Crippen molar-refractivity contribution in [2.75, 3.05) is 0 Å². The monoisotopic (exact) mass is 267 g/mol. The number of halogens is 2. The first-order valence-electron chi connectivity index (χ1n) is 4.97. The second kappa shape index (κ2) is 3.61. The summed E-state index contributed by atoms with van der Waals surface area (Å²) in [5.41, 5.74) is 0.875. The molecule has 3 heteroatoms. The van der Waals surface area contributed by atoms with Gasteiger partial charge in [0.05, 0.1) is 11.5 Å². The summed E-state index contributed by atoms with van der Waals surface area (Å²) < 4.78 is 14.6. The van der Waals surface area contributed by atoms with Gasteiger partial charge in [-0.3, -0.25) is 0 Å². The Morgan fingerprint density at radius 2 is 2.13 bits per heavy atom. The Hall–Kier alpha value is -0.880. The minimum atomic E-state index is -0.571. The molecule has 0 aliphatic heterocycles. The molecule has 1 aliphatic rings. The highest BCUT2D eigenvalue weighted by Gasteiger charge is 2.42. The third kappa shape index (κ3) is 1.48. The van der Waals surface area contributed by atoms with Crippen LogP contribution in [0.1, 0.15) is 30.4 Å². The first-order valence-corrected chi connectivity index (χ1v) is 5.76. The Morgan fingerprint density at radius 3 is 2.60 bits per heavy atom. The normalized spacial score (nSPS) is 18.0. The fourth-order valence-electron chi connectivity index (χ4n) is 2.19. The van der Waals surface area contributed by atoms with Gasteiger partial charge in [-0.15, -0.1) is 0 Å². The lowest BCUT2D eigenvalue weighted by Crippen LogP contribution is -2.34. The van der Waals surface area contributed by atoms with E-state index < -0.39 is 5.41 Å². The Morgan fingerprint density at radius 1 is 1.47 bits per heavy atom. The molecule has 0 aromatic heterocycles. The van der Waals surface area contributed by atoms with Crippen LogP contribution in [0.2, 0.25) is 0 Å². The summed E-state index contributed by atoms with van der Waals surface area (Å²) in [4.78, 5) is 0. The van der Waals surface area contributed by atoms with E-state index in [0.29, 0.717) is 5.56 Å². The van der Waals surface area contributed by atoms with Gasteiger partial charge >= 0.3 is 0 Å². The second-order valence-corrected chi connectivity index (χ2v) is 4.93. The first-order chi connectivity index (χ1) is 7.10. The van der Waals surface area contributed by atoms with Gasteiger partial charge in [-0.05, 0) is 43.9 Å². The molecule has 0 unspecified atom stereocenters. The van der Waals surface area contributed by atoms with Gasteiger partial charge in [-0.2, -0.15) is 5.26 Å². The lowest BCUT2D eigenvalue weighted by molar-refractivity contribution is 0.311.